The Kier molecular flexibility index (Phi) is 5.63. The maximum absolute atomic E-state index is 5.59. The second kappa shape index (κ2) is 6.53. The molecule has 0 bridgehead atoms. The van der Waals surface area contributed by atoms with Crippen LogP contribution in [-0.4, -0.2) is 12.1 Å². The molecule has 0 aliphatic carbocycles. The lowest BCUT2D eigenvalue weighted by Crippen LogP contribution is -2.34. The molecular weight excluding hydrogens is 230 g/mol. The Morgan fingerprint density at radius 2 is 2.06 bits per heavy atom. The zero-order chi connectivity index (χ0) is 12.9. The minimum Gasteiger partial charge on any atom is -0.377 e. The molecule has 0 amide bonds. The van der Waals surface area contributed by atoms with Gasteiger partial charge in [-0.25, -0.2) is 0 Å². The van der Waals surface area contributed by atoms with Gasteiger partial charge in [-0.15, -0.1) is 11.3 Å². The van der Waals surface area contributed by atoms with Crippen molar-refractivity contribution in [2.24, 2.45) is 0 Å². The van der Waals surface area contributed by atoms with Crippen LogP contribution in [0.4, 0.5) is 0 Å². The molecule has 17 heavy (non-hydrogen) atoms. The van der Waals surface area contributed by atoms with Gasteiger partial charge in [0.05, 0.1) is 6.61 Å². The molecule has 0 radical (unpaired) electrons. The van der Waals surface area contributed by atoms with Gasteiger partial charge in [0.15, 0.2) is 0 Å². The van der Waals surface area contributed by atoms with Crippen LogP contribution in [0.15, 0.2) is 6.07 Å². The summed E-state index contributed by atoms with van der Waals surface area (Å²) >= 11 is 1.87. The molecule has 1 heterocycles. The van der Waals surface area contributed by atoms with Gasteiger partial charge in [-0.2, -0.15) is 0 Å². The Bertz CT molecular complexity index is 338. The van der Waals surface area contributed by atoms with Crippen molar-refractivity contribution < 1.29 is 4.74 Å². The van der Waals surface area contributed by atoms with E-state index in [9.17, 15) is 0 Å². The van der Waals surface area contributed by atoms with Crippen LogP contribution in [0.25, 0.3) is 0 Å². The summed E-state index contributed by atoms with van der Waals surface area (Å²) in [5.74, 6) is 0. The summed E-state index contributed by atoms with van der Waals surface area (Å²) in [7, 11) is 0. The molecule has 0 aromatic carbocycles. The fourth-order valence-electron chi connectivity index (χ4n) is 1.50. The normalized spacial score (nSPS) is 12.1. The largest absolute Gasteiger partial charge is 0.377 e. The molecule has 3 heteroatoms. The van der Waals surface area contributed by atoms with E-state index in [0.717, 1.165) is 26.2 Å². The highest BCUT2D eigenvalue weighted by Gasteiger charge is 2.11. The third-order valence-electron chi connectivity index (χ3n) is 2.47. The number of hydrogen-bond acceptors (Lipinski definition) is 3. The Labute approximate surface area is 109 Å². The van der Waals surface area contributed by atoms with Crippen molar-refractivity contribution in [3.05, 3.63) is 21.4 Å². The van der Waals surface area contributed by atoms with Gasteiger partial charge in [0.1, 0.15) is 0 Å². The number of rotatable bonds is 6. The van der Waals surface area contributed by atoms with Gasteiger partial charge in [0.25, 0.3) is 0 Å². The smallest absolute Gasteiger partial charge is 0.0727 e. The van der Waals surface area contributed by atoms with E-state index in [0.29, 0.717) is 0 Å². The maximum atomic E-state index is 5.59. The van der Waals surface area contributed by atoms with Crippen LogP contribution in [0.2, 0.25) is 0 Å². The lowest BCUT2D eigenvalue weighted by Gasteiger charge is -2.19. The van der Waals surface area contributed by atoms with E-state index in [1.807, 2.05) is 11.3 Å². The number of hydrogen-bond donors (Lipinski definition) is 1. The van der Waals surface area contributed by atoms with Crippen LogP contribution in [0.1, 0.15) is 49.4 Å². The standard InChI is InChI=1S/C14H25NOS/c1-6-7-16-10-12-8-13(17-11(12)2)9-15-14(3,4)5/h8,15H,6-7,9-10H2,1-5H3. The molecule has 98 valence electrons. The monoisotopic (exact) mass is 255 g/mol. The fraction of sp³-hybridized carbons (Fsp3) is 0.714. The molecule has 0 saturated carbocycles. The highest BCUT2D eigenvalue weighted by molar-refractivity contribution is 7.12. The molecule has 2 nitrogen and oxygen atoms in total. The molecular formula is C14H25NOS. The summed E-state index contributed by atoms with van der Waals surface area (Å²) in [5, 5.41) is 3.52. The minimum absolute atomic E-state index is 0.177. The Balaban J connectivity index is 2.49. The second-order valence-electron chi connectivity index (χ2n) is 5.45. The molecule has 0 aliphatic rings. The second-order valence-corrected chi connectivity index (χ2v) is 6.79. The van der Waals surface area contributed by atoms with Crippen LogP contribution in [0.5, 0.6) is 0 Å². The van der Waals surface area contributed by atoms with Crippen LogP contribution >= 0.6 is 11.3 Å². The van der Waals surface area contributed by atoms with Crippen LogP contribution < -0.4 is 5.32 Å². The molecule has 0 saturated heterocycles. The molecule has 0 unspecified atom stereocenters. The van der Waals surface area contributed by atoms with Gasteiger partial charge < -0.3 is 10.1 Å². The predicted octanol–water partition coefficient (Wildman–Crippen LogP) is 3.87. The SMILES string of the molecule is CCCOCc1cc(CNC(C)(C)C)sc1C. The van der Waals surface area contributed by atoms with Crippen molar-refractivity contribution in [2.45, 2.75) is 59.7 Å². The third kappa shape index (κ3) is 5.66. The maximum Gasteiger partial charge on any atom is 0.0727 e. The highest BCUT2D eigenvalue weighted by atomic mass is 32.1. The highest BCUT2D eigenvalue weighted by Crippen LogP contribution is 2.22. The van der Waals surface area contributed by atoms with E-state index in [2.05, 4.69) is 46.0 Å². The average molecular weight is 255 g/mol. The lowest BCUT2D eigenvalue weighted by molar-refractivity contribution is 0.121. The van der Waals surface area contributed by atoms with Crippen LogP contribution in [0, 0.1) is 6.92 Å². The van der Waals surface area contributed by atoms with Crippen molar-refractivity contribution in [3.63, 3.8) is 0 Å². The molecule has 1 aromatic rings. The van der Waals surface area contributed by atoms with E-state index in [1.54, 1.807) is 0 Å². The molecule has 0 fully saturated rings. The third-order valence-corrected chi connectivity index (χ3v) is 3.56. The Morgan fingerprint density at radius 1 is 1.35 bits per heavy atom. The van der Waals surface area contributed by atoms with Gasteiger partial charge in [-0.3, -0.25) is 0 Å². The number of nitrogens with one attached hydrogen (secondary N) is 1. The van der Waals surface area contributed by atoms with E-state index in [-0.39, 0.29) is 5.54 Å². The lowest BCUT2D eigenvalue weighted by atomic mass is 10.1. The Morgan fingerprint density at radius 3 is 2.65 bits per heavy atom. The van der Waals surface area contributed by atoms with Crippen molar-refractivity contribution >= 4 is 11.3 Å². The van der Waals surface area contributed by atoms with Crippen molar-refractivity contribution in [2.75, 3.05) is 6.61 Å². The van der Waals surface area contributed by atoms with Gasteiger partial charge >= 0.3 is 0 Å². The number of aryl methyl sites for hydroxylation is 1. The summed E-state index contributed by atoms with van der Waals surface area (Å²) in [6, 6.07) is 2.27. The quantitative estimate of drug-likeness (QED) is 0.779. The first-order valence-corrected chi connectivity index (χ1v) is 7.15. The van der Waals surface area contributed by atoms with Crippen molar-refractivity contribution in [1.82, 2.24) is 5.32 Å². The molecule has 1 N–H and O–H groups in total. The van der Waals surface area contributed by atoms with Gasteiger partial charge in [0, 0.05) is 28.4 Å². The molecule has 1 aromatic heterocycles. The van der Waals surface area contributed by atoms with Gasteiger partial charge in [-0.1, -0.05) is 6.92 Å². The Hall–Kier alpha value is -0.380. The first-order chi connectivity index (χ1) is 7.92. The van der Waals surface area contributed by atoms with Crippen LogP contribution in [0.3, 0.4) is 0 Å². The van der Waals surface area contributed by atoms with Gasteiger partial charge in [0.2, 0.25) is 0 Å². The molecule has 1 rings (SSSR count). The molecule has 0 spiro atoms. The zero-order valence-corrected chi connectivity index (χ0v) is 12.5. The van der Waals surface area contributed by atoms with Crippen molar-refractivity contribution in [1.29, 1.82) is 0 Å². The summed E-state index contributed by atoms with van der Waals surface area (Å²) in [5.41, 5.74) is 1.52. The summed E-state index contributed by atoms with van der Waals surface area (Å²) in [4.78, 5) is 2.78. The van der Waals surface area contributed by atoms with E-state index in [4.69, 9.17) is 4.74 Å². The van der Waals surface area contributed by atoms with Crippen molar-refractivity contribution in [3.8, 4) is 0 Å². The first kappa shape index (κ1) is 14.7. The minimum atomic E-state index is 0.177. The predicted molar refractivity (Wildman–Crippen MR) is 75.6 cm³/mol. The van der Waals surface area contributed by atoms with Gasteiger partial charge in [-0.05, 0) is 45.7 Å². The van der Waals surface area contributed by atoms with Crippen LogP contribution in [-0.2, 0) is 17.9 Å². The molecule has 0 atom stereocenters. The van der Waals surface area contributed by atoms with E-state index < -0.39 is 0 Å². The summed E-state index contributed by atoms with van der Waals surface area (Å²) < 4.78 is 5.59. The average Bonchev–Trinajstić information content (AvgIpc) is 2.56. The summed E-state index contributed by atoms with van der Waals surface area (Å²) in [6.07, 6.45) is 1.08. The summed E-state index contributed by atoms with van der Waals surface area (Å²) in [6.45, 7) is 13.4. The fourth-order valence-corrected chi connectivity index (χ4v) is 2.48. The topological polar surface area (TPSA) is 21.3 Å². The zero-order valence-electron chi connectivity index (χ0n) is 11.7. The van der Waals surface area contributed by atoms with E-state index in [1.165, 1.54) is 15.3 Å². The van der Waals surface area contributed by atoms with E-state index >= 15 is 0 Å². The number of ether oxygens (including phenoxy) is 1. The first-order valence-electron chi connectivity index (χ1n) is 6.33. The molecule has 0 aliphatic heterocycles. The number of thiophene rings is 1.